The Morgan fingerprint density at radius 1 is 1.50 bits per heavy atom. The van der Waals surface area contributed by atoms with Crippen LogP contribution in [0.5, 0.6) is 0 Å². The van der Waals surface area contributed by atoms with Crippen LogP contribution in [0.15, 0.2) is 0 Å². The molecule has 0 fully saturated rings. The van der Waals surface area contributed by atoms with E-state index in [9.17, 15) is 0 Å². The molecule has 0 bridgehead atoms. The molecule has 0 aromatic heterocycles. The first kappa shape index (κ1) is 7.88. The van der Waals surface area contributed by atoms with Gasteiger partial charge in [0.2, 0.25) is 0 Å². The van der Waals surface area contributed by atoms with Gasteiger partial charge in [0.15, 0.2) is 0 Å². The molecular formula is C5H13NO2. The lowest BCUT2D eigenvalue weighted by Gasteiger charge is -2.12. The summed E-state index contributed by atoms with van der Waals surface area (Å²) in [6, 6.07) is 0. The molecule has 8 heavy (non-hydrogen) atoms. The van der Waals surface area contributed by atoms with E-state index in [2.05, 4.69) is 0 Å². The van der Waals surface area contributed by atoms with Gasteiger partial charge in [-0.15, -0.1) is 0 Å². The maximum Gasteiger partial charge on any atom is 0.0897 e. The SMILES string of the molecule is CN(C)C[C@H](O)CO. The van der Waals surface area contributed by atoms with Crippen LogP contribution in [0.25, 0.3) is 0 Å². The standard InChI is InChI=1S/C5H13NO2/c1-6(2)3-5(8)4-7/h5,7-8H,3-4H2,1-2H3/t5-/m0/s1. The van der Waals surface area contributed by atoms with Crippen molar-refractivity contribution in [3.63, 3.8) is 0 Å². The minimum Gasteiger partial charge on any atom is -0.394 e. The molecule has 0 radical (unpaired) electrons. The molecule has 1 atom stereocenters. The van der Waals surface area contributed by atoms with Crippen LogP contribution in [-0.4, -0.2) is 48.5 Å². The van der Waals surface area contributed by atoms with Crippen LogP contribution in [0, 0.1) is 0 Å². The summed E-state index contributed by atoms with van der Waals surface area (Å²) in [5, 5.41) is 17.0. The van der Waals surface area contributed by atoms with Gasteiger partial charge in [-0.2, -0.15) is 0 Å². The van der Waals surface area contributed by atoms with Crippen molar-refractivity contribution < 1.29 is 10.2 Å². The number of hydrogen-bond donors (Lipinski definition) is 2. The second-order valence-corrected chi connectivity index (χ2v) is 2.10. The van der Waals surface area contributed by atoms with Gasteiger partial charge < -0.3 is 15.1 Å². The van der Waals surface area contributed by atoms with Crippen molar-refractivity contribution in [3.05, 3.63) is 0 Å². The van der Waals surface area contributed by atoms with Gasteiger partial charge in [0.05, 0.1) is 12.7 Å². The number of rotatable bonds is 3. The van der Waals surface area contributed by atoms with E-state index in [1.807, 2.05) is 19.0 Å². The first-order valence-electron chi connectivity index (χ1n) is 2.60. The lowest BCUT2D eigenvalue weighted by Crippen LogP contribution is -2.28. The number of nitrogens with zero attached hydrogens (tertiary/aromatic N) is 1. The molecule has 0 saturated heterocycles. The Hall–Kier alpha value is -0.120. The second kappa shape index (κ2) is 3.83. The molecule has 0 aromatic rings. The van der Waals surface area contributed by atoms with Gasteiger partial charge in [0.1, 0.15) is 0 Å². The van der Waals surface area contributed by atoms with Crippen LogP contribution in [0.2, 0.25) is 0 Å². The fraction of sp³-hybridized carbons (Fsp3) is 1.00. The molecule has 0 unspecified atom stereocenters. The molecule has 0 saturated carbocycles. The molecule has 0 heterocycles. The Balaban J connectivity index is 3.10. The largest absolute Gasteiger partial charge is 0.394 e. The predicted molar refractivity (Wildman–Crippen MR) is 31.6 cm³/mol. The van der Waals surface area contributed by atoms with Crippen molar-refractivity contribution in [2.75, 3.05) is 27.2 Å². The highest BCUT2D eigenvalue weighted by atomic mass is 16.3. The van der Waals surface area contributed by atoms with E-state index in [1.165, 1.54) is 0 Å². The van der Waals surface area contributed by atoms with Gasteiger partial charge >= 0.3 is 0 Å². The summed E-state index contributed by atoms with van der Waals surface area (Å²) in [5.41, 5.74) is 0. The fourth-order valence-corrected chi connectivity index (χ4v) is 0.479. The van der Waals surface area contributed by atoms with Crippen molar-refractivity contribution in [2.45, 2.75) is 6.10 Å². The highest BCUT2D eigenvalue weighted by Crippen LogP contribution is 1.81. The Bertz CT molecular complexity index is 56.4. The number of aliphatic hydroxyl groups is 2. The van der Waals surface area contributed by atoms with Crippen molar-refractivity contribution in [2.24, 2.45) is 0 Å². The Morgan fingerprint density at radius 3 is 2.12 bits per heavy atom. The van der Waals surface area contributed by atoms with E-state index in [0.29, 0.717) is 6.54 Å². The topological polar surface area (TPSA) is 43.7 Å². The van der Waals surface area contributed by atoms with Crippen LogP contribution in [0.3, 0.4) is 0 Å². The minimum absolute atomic E-state index is 0.155. The molecular weight excluding hydrogens is 106 g/mol. The number of aliphatic hydroxyl groups excluding tert-OH is 2. The van der Waals surface area contributed by atoms with Crippen LogP contribution in [-0.2, 0) is 0 Å². The quantitative estimate of drug-likeness (QED) is 0.495. The zero-order valence-electron chi connectivity index (χ0n) is 5.33. The van der Waals surface area contributed by atoms with Gasteiger partial charge in [-0.05, 0) is 14.1 Å². The predicted octanol–water partition coefficient (Wildman–Crippen LogP) is -1.10. The van der Waals surface area contributed by atoms with E-state index in [-0.39, 0.29) is 6.61 Å². The van der Waals surface area contributed by atoms with E-state index in [4.69, 9.17) is 10.2 Å². The molecule has 3 nitrogen and oxygen atoms in total. The Labute approximate surface area is 49.5 Å². The smallest absolute Gasteiger partial charge is 0.0897 e. The molecule has 0 spiro atoms. The van der Waals surface area contributed by atoms with E-state index >= 15 is 0 Å². The number of likely N-dealkylation sites (N-methyl/N-ethyl adjacent to an activating group) is 1. The maximum atomic E-state index is 8.74. The summed E-state index contributed by atoms with van der Waals surface area (Å²) in [5.74, 6) is 0. The number of hydrogen-bond acceptors (Lipinski definition) is 3. The van der Waals surface area contributed by atoms with Gasteiger partial charge in [0, 0.05) is 6.54 Å². The minimum atomic E-state index is -0.593. The second-order valence-electron chi connectivity index (χ2n) is 2.10. The third kappa shape index (κ3) is 4.05. The molecule has 0 aromatic carbocycles. The summed E-state index contributed by atoms with van der Waals surface area (Å²) < 4.78 is 0. The zero-order valence-corrected chi connectivity index (χ0v) is 5.33. The molecule has 50 valence electrons. The maximum absolute atomic E-state index is 8.74. The van der Waals surface area contributed by atoms with Gasteiger partial charge in [0.25, 0.3) is 0 Å². The average molecular weight is 119 g/mol. The summed E-state index contributed by atoms with van der Waals surface area (Å²) in [7, 11) is 3.69. The fourth-order valence-electron chi connectivity index (χ4n) is 0.479. The molecule has 0 aliphatic heterocycles. The molecule has 0 aliphatic rings. The van der Waals surface area contributed by atoms with Crippen LogP contribution < -0.4 is 0 Å². The Morgan fingerprint density at radius 2 is 2.00 bits per heavy atom. The normalized spacial score (nSPS) is 14.6. The van der Waals surface area contributed by atoms with Crippen LogP contribution >= 0.6 is 0 Å². The van der Waals surface area contributed by atoms with Crippen molar-refractivity contribution in [1.29, 1.82) is 0 Å². The highest BCUT2D eigenvalue weighted by molar-refractivity contribution is 4.54. The van der Waals surface area contributed by atoms with Crippen molar-refractivity contribution in [1.82, 2.24) is 4.90 Å². The van der Waals surface area contributed by atoms with Gasteiger partial charge in [-0.3, -0.25) is 0 Å². The molecule has 0 amide bonds. The lowest BCUT2D eigenvalue weighted by molar-refractivity contribution is 0.0728. The van der Waals surface area contributed by atoms with E-state index in [1.54, 1.807) is 0 Å². The lowest BCUT2D eigenvalue weighted by atomic mass is 10.4. The highest BCUT2D eigenvalue weighted by Gasteiger charge is 2.00. The first-order chi connectivity index (χ1) is 3.66. The third-order valence-corrected chi connectivity index (χ3v) is 0.787. The summed E-state index contributed by atoms with van der Waals surface area (Å²) in [4.78, 5) is 1.82. The van der Waals surface area contributed by atoms with Crippen molar-refractivity contribution >= 4 is 0 Å². The summed E-state index contributed by atoms with van der Waals surface area (Å²) in [6.45, 7) is 0.370. The monoisotopic (exact) mass is 119 g/mol. The van der Waals surface area contributed by atoms with Gasteiger partial charge in [-0.1, -0.05) is 0 Å². The first-order valence-corrected chi connectivity index (χ1v) is 2.60. The molecule has 2 N–H and O–H groups in total. The molecule has 0 rings (SSSR count). The summed E-state index contributed by atoms with van der Waals surface area (Å²) in [6.07, 6.45) is -0.593. The van der Waals surface area contributed by atoms with E-state index in [0.717, 1.165) is 0 Å². The van der Waals surface area contributed by atoms with Crippen LogP contribution in [0.4, 0.5) is 0 Å². The third-order valence-electron chi connectivity index (χ3n) is 0.787. The van der Waals surface area contributed by atoms with Gasteiger partial charge in [-0.25, -0.2) is 0 Å². The Kier molecular flexibility index (Phi) is 3.77. The van der Waals surface area contributed by atoms with Crippen molar-refractivity contribution in [3.8, 4) is 0 Å². The van der Waals surface area contributed by atoms with E-state index < -0.39 is 6.10 Å². The molecule has 0 aliphatic carbocycles. The zero-order chi connectivity index (χ0) is 6.57. The summed E-state index contributed by atoms with van der Waals surface area (Å²) >= 11 is 0. The van der Waals surface area contributed by atoms with Crippen LogP contribution in [0.1, 0.15) is 0 Å². The average Bonchev–Trinajstić information content (AvgIpc) is 1.65. The molecule has 3 heteroatoms.